The summed E-state index contributed by atoms with van der Waals surface area (Å²) >= 11 is 0. The number of methoxy groups -OCH3 is 1. The van der Waals surface area contributed by atoms with Gasteiger partial charge in [-0.2, -0.15) is 0 Å². The van der Waals surface area contributed by atoms with Crippen molar-refractivity contribution in [3.63, 3.8) is 0 Å². The fourth-order valence-corrected chi connectivity index (χ4v) is 4.15. The molecule has 6 heteroatoms. The van der Waals surface area contributed by atoms with Crippen molar-refractivity contribution < 1.29 is 19.4 Å². The molecule has 1 saturated heterocycles. The number of aromatic hydroxyl groups is 1. The molecule has 35 heavy (non-hydrogen) atoms. The molecule has 0 bridgehead atoms. The molecule has 1 amide bonds. The maximum Gasteiger partial charge on any atom is 0.248 e. The van der Waals surface area contributed by atoms with Crippen LogP contribution in [0.2, 0.25) is 0 Å². The number of phenolic OH excluding ortho intramolecular Hbond substituents is 1. The van der Waals surface area contributed by atoms with E-state index in [2.05, 4.69) is 22.3 Å². The highest BCUT2D eigenvalue weighted by atomic mass is 16.5. The van der Waals surface area contributed by atoms with Gasteiger partial charge >= 0.3 is 0 Å². The largest absolute Gasteiger partial charge is 0.504 e. The average molecular weight is 473 g/mol. The van der Waals surface area contributed by atoms with E-state index in [0.717, 1.165) is 17.9 Å². The summed E-state index contributed by atoms with van der Waals surface area (Å²) < 4.78 is 11.0. The Morgan fingerprint density at radius 1 is 1.03 bits per heavy atom. The van der Waals surface area contributed by atoms with E-state index in [4.69, 9.17) is 9.47 Å². The van der Waals surface area contributed by atoms with Crippen molar-refractivity contribution in [2.45, 2.75) is 32.4 Å². The molecule has 2 N–H and O–H groups in total. The van der Waals surface area contributed by atoms with Crippen LogP contribution in [0, 0.1) is 0 Å². The average Bonchev–Trinajstić information content (AvgIpc) is 2.88. The van der Waals surface area contributed by atoms with Crippen molar-refractivity contribution >= 4 is 17.7 Å². The number of amides is 1. The highest BCUT2D eigenvalue weighted by Gasteiger charge is 2.11. The van der Waals surface area contributed by atoms with Gasteiger partial charge in [0, 0.05) is 23.9 Å². The molecule has 4 rings (SSSR count). The Morgan fingerprint density at radius 3 is 2.54 bits per heavy atom. The van der Waals surface area contributed by atoms with Gasteiger partial charge in [-0.1, -0.05) is 42.8 Å². The second-order valence-corrected chi connectivity index (χ2v) is 8.68. The minimum absolute atomic E-state index is 0.0251. The number of hydrogen-bond acceptors (Lipinski definition) is 5. The van der Waals surface area contributed by atoms with Crippen molar-refractivity contribution in [3.05, 3.63) is 89.5 Å². The zero-order chi connectivity index (χ0) is 24.5. The first-order chi connectivity index (χ1) is 17.1. The fraction of sp³-hybridized carbons (Fsp3) is 0.276. The van der Waals surface area contributed by atoms with Gasteiger partial charge in [0.1, 0.15) is 12.4 Å². The number of phenols is 1. The molecule has 1 fully saturated rings. The first-order valence-electron chi connectivity index (χ1n) is 12.0. The summed E-state index contributed by atoms with van der Waals surface area (Å²) in [6.45, 7) is 3.69. The quantitative estimate of drug-likeness (QED) is 0.396. The van der Waals surface area contributed by atoms with E-state index >= 15 is 0 Å². The lowest BCUT2D eigenvalue weighted by Crippen LogP contribution is -2.28. The number of carbonyl (C=O) groups excluding carboxylic acids is 1. The number of ether oxygens (including phenoxy) is 2. The number of likely N-dealkylation sites (tertiary alicyclic amines) is 1. The third-order valence-electron chi connectivity index (χ3n) is 6.08. The number of rotatable bonds is 9. The Kier molecular flexibility index (Phi) is 8.41. The highest BCUT2D eigenvalue weighted by Crippen LogP contribution is 2.27. The van der Waals surface area contributed by atoms with Gasteiger partial charge in [0.15, 0.2) is 11.5 Å². The molecule has 3 aromatic carbocycles. The molecule has 6 nitrogen and oxygen atoms in total. The standard InChI is InChI=1S/C29H32N2O4/c1-34-28-15-11-22(19-27(28)32)12-16-29(33)30-26-8-4-3-7-24(26)21-35-25-13-9-23(10-14-25)20-31-17-5-2-6-18-31/h3-4,7-16,19,32H,2,5-6,17-18,20-21H2,1H3,(H,30,33)/b16-12+. The Morgan fingerprint density at radius 2 is 1.80 bits per heavy atom. The number of piperidine rings is 1. The van der Waals surface area contributed by atoms with Crippen LogP contribution in [0.5, 0.6) is 17.2 Å². The molecule has 0 spiro atoms. The summed E-state index contributed by atoms with van der Waals surface area (Å²) in [6.07, 6.45) is 6.99. The molecule has 1 aliphatic rings. The lowest BCUT2D eigenvalue weighted by Gasteiger charge is -2.26. The number of hydrogen-bond donors (Lipinski definition) is 2. The summed E-state index contributed by atoms with van der Waals surface area (Å²) in [7, 11) is 1.49. The molecule has 0 radical (unpaired) electrons. The summed E-state index contributed by atoms with van der Waals surface area (Å²) in [4.78, 5) is 15.0. The summed E-state index contributed by atoms with van der Waals surface area (Å²) in [6, 6.07) is 20.8. The van der Waals surface area contributed by atoms with Crippen LogP contribution >= 0.6 is 0 Å². The van der Waals surface area contributed by atoms with Gasteiger partial charge in [0.05, 0.1) is 7.11 Å². The van der Waals surface area contributed by atoms with Gasteiger partial charge in [-0.15, -0.1) is 0 Å². The predicted molar refractivity (Wildman–Crippen MR) is 139 cm³/mol. The molecular weight excluding hydrogens is 440 g/mol. The van der Waals surface area contributed by atoms with Gasteiger partial charge in [-0.05, 0) is 73.5 Å². The summed E-state index contributed by atoms with van der Waals surface area (Å²) in [5, 5.41) is 12.8. The Labute approximate surface area is 206 Å². The van der Waals surface area contributed by atoms with Crippen LogP contribution in [0.25, 0.3) is 6.08 Å². The van der Waals surface area contributed by atoms with E-state index in [-0.39, 0.29) is 11.7 Å². The lowest BCUT2D eigenvalue weighted by atomic mass is 10.1. The fourth-order valence-electron chi connectivity index (χ4n) is 4.15. The number of carbonyl (C=O) groups is 1. The van der Waals surface area contributed by atoms with Gasteiger partial charge in [-0.3, -0.25) is 9.69 Å². The second-order valence-electron chi connectivity index (χ2n) is 8.68. The minimum Gasteiger partial charge on any atom is -0.504 e. The van der Waals surface area contributed by atoms with Crippen LogP contribution in [0.3, 0.4) is 0 Å². The van der Waals surface area contributed by atoms with Crippen molar-refractivity contribution in [2.24, 2.45) is 0 Å². The third kappa shape index (κ3) is 7.11. The lowest BCUT2D eigenvalue weighted by molar-refractivity contribution is -0.111. The van der Waals surface area contributed by atoms with Crippen molar-refractivity contribution in [2.75, 3.05) is 25.5 Å². The Hall–Kier alpha value is -3.77. The number of nitrogens with zero attached hydrogens (tertiary/aromatic N) is 1. The SMILES string of the molecule is COc1ccc(/C=C/C(=O)Nc2ccccc2COc2ccc(CN3CCCCC3)cc2)cc1O. The molecule has 1 heterocycles. The normalized spacial score (nSPS) is 14.1. The topological polar surface area (TPSA) is 71.0 Å². The van der Waals surface area contributed by atoms with Crippen LogP contribution in [0.1, 0.15) is 36.0 Å². The molecule has 0 aromatic heterocycles. The van der Waals surface area contributed by atoms with E-state index in [0.29, 0.717) is 23.6 Å². The summed E-state index contributed by atoms with van der Waals surface area (Å²) in [5.74, 6) is 0.941. The molecular formula is C29H32N2O4. The predicted octanol–water partition coefficient (Wildman–Crippen LogP) is 5.62. The van der Waals surface area contributed by atoms with Gasteiger partial charge in [-0.25, -0.2) is 0 Å². The third-order valence-corrected chi connectivity index (χ3v) is 6.08. The number of para-hydroxylation sites is 1. The van der Waals surface area contributed by atoms with Crippen molar-refractivity contribution in [3.8, 4) is 17.2 Å². The zero-order valence-electron chi connectivity index (χ0n) is 20.1. The maximum atomic E-state index is 12.5. The first kappa shape index (κ1) is 24.4. The van der Waals surface area contributed by atoms with Crippen LogP contribution in [-0.2, 0) is 17.9 Å². The number of nitrogens with one attached hydrogen (secondary N) is 1. The van der Waals surface area contributed by atoms with Gasteiger partial charge in [0.25, 0.3) is 0 Å². The zero-order valence-corrected chi connectivity index (χ0v) is 20.1. The molecule has 1 aliphatic heterocycles. The monoisotopic (exact) mass is 472 g/mol. The van der Waals surface area contributed by atoms with Crippen molar-refractivity contribution in [1.82, 2.24) is 4.90 Å². The van der Waals surface area contributed by atoms with Crippen LogP contribution in [-0.4, -0.2) is 36.1 Å². The van der Waals surface area contributed by atoms with E-state index < -0.39 is 0 Å². The van der Waals surface area contributed by atoms with Crippen LogP contribution in [0.15, 0.2) is 72.8 Å². The van der Waals surface area contributed by atoms with Gasteiger partial charge in [0.2, 0.25) is 5.91 Å². The Bertz CT molecular complexity index is 1150. The molecule has 182 valence electrons. The van der Waals surface area contributed by atoms with E-state index in [1.54, 1.807) is 24.3 Å². The maximum absolute atomic E-state index is 12.5. The number of benzene rings is 3. The number of anilines is 1. The van der Waals surface area contributed by atoms with Crippen LogP contribution in [0.4, 0.5) is 5.69 Å². The summed E-state index contributed by atoms with van der Waals surface area (Å²) in [5.41, 5.74) is 3.57. The van der Waals surface area contributed by atoms with E-state index in [9.17, 15) is 9.90 Å². The van der Waals surface area contributed by atoms with E-state index in [1.165, 1.54) is 51.1 Å². The highest BCUT2D eigenvalue weighted by molar-refractivity contribution is 6.02. The molecule has 3 aromatic rings. The minimum atomic E-state index is -0.269. The second kappa shape index (κ2) is 12.1. The Balaban J connectivity index is 1.32. The smallest absolute Gasteiger partial charge is 0.248 e. The van der Waals surface area contributed by atoms with Gasteiger partial charge < -0.3 is 19.9 Å². The first-order valence-corrected chi connectivity index (χ1v) is 12.0. The molecule has 0 atom stereocenters. The molecule has 0 unspecified atom stereocenters. The van der Waals surface area contributed by atoms with E-state index in [1.807, 2.05) is 36.4 Å². The molecule has 0 aliphatic carbocycles. The molecule has 0 saturated carbocycles. The van der Waals surface area contributed by atoms with Crippen molar-refractivity contribution in [1.29, 1.82) is 0 Å². The van der Waals surface area contributed by atoms with Crippen LogP contribution < -0.4 is 14.8 Å².